The van der Waals surface area contributed by atoms with Crippen LogP contribution in [0.4, 0.5) is 0 Å². The third kappa shape index (κ3) is 5.76. The van der Waals surface area contributed by atoms with E-state index < -0.39 is 0 Å². The Balaban J connectivity index is 1.94. The summed E-state index contributed by atoms with van der Waals surface area (Å²) in [5.41, 5.74) is 5.60. The lowest BCUT2D eigenvalue weighted by Gasteiger charge is -2.15. The molecule has 1 rings (SSSR count). The molecule has 0 amide bonds. The minimum Gasteiger partial charge on any atom is -0.377 e. The number of ether oxygens (including phenoxy) is 2. The molecule has 90 valence electrons. The largest absolute Gasteiger partial charge is 0.377 e. The first-order valence-corrected chi connectivity index (χ1v) is 7.03. The molecular weight excluding hydrogens is 210 g/mol. The van der Waals surface area contributed by atoms with Crippen LogP contribution in [0.25, 0.3) is 0 Å². The van der Waals surface area contributed by atoms with Crippen molar-refractivity contribution in [3.8, 4) is 0 Å². The van der Waals surface area contributed by atoms with Gasteiger partial charge in [0.2, 0.25) is 0 Å². The van der Waals surface area contributed by atoms with Crippen LogP contribution in [0.15, 0.2) is 0 Å². The van der Waals surface area contributed by atoms with Gasteiger partial charge in [0.25, 0.3) is 0 Å². The van der Waals surface area contributed by atoms with E-state index in [-0.39, 0.29) is 6.10 Å². The van der Waals surface area contributed by atoms with Gasteiger partial charge in [0, 0.05) is 25.5 Å². The first-order valence-electron chi connectivity index (χ1n) is 5.87. The van der Waals surface area contributed by atoms with Crippen LogP contribution in [-0.4, -0.2) is 43.5 Å². The van der Waals surface area contributed by atoms with Crippen molar-refractivity contribution in [1.29, 1.82) is 0 Å². The summed E-state index contributed by atoms with van der Waals surface area (Å²) in [5, 5.41) is 0. The van der Waals surface area contributed by atoms with Gasteiger partial charge >= 0.3 is 0 Å². The van der Waals surface area contributed by atoms with E-state index in [4.69, 9.17) is 15.2 Å². The first kappa shape index (κ1) is 13.3. The van der Waals surface area contributed by atoms with Crippen molar-refractivity contribution in [1.82, 2.24) is 0 Å². The van der Waals surface area contributed by atoms with Gasteiger partial charge in [-0.2, -0.15) is 11.8 Å². The van der Waals surface area contributed by atoms with Crippen molar-refractivity contribution in [2.45, 2.75) is 38.4 Å². The predicted molar refractivity (Wildman–Crippen MR) is 65.4 cm³/mol. The normalized spacial score (nSPS) is 23.2. The maximum atomic E-state index is 5.60. The summed E-state index contributed by atoms with van der Waals surface area (Å²) in [7, 11) is 0. The Morgan fingerprint density at radius 3 is 3.07 bits per heavy atom. The second-order valence-corrected chi connectivity index (χ2v) is 4.96. The van der Waals surface area contributed by atoms with Crippen LogP contribution in [-0.2, 0) is 9.47 Å². The van der Waals surface area contributed by atoms with Gasteiger partial charge in [-0.15, -0.1) is 0 Å². The van der Waals surface area contributed by atoms with E-state index in [1.54, 1.807) is 0 Å². The number of thioether (sulfide) groups is 1. The molecule has 0 aliphatic carbocycles. The Hall–Kier alpha value is 0.230. The lowest BCUT2D eigenvalue weighted by molar-refractivity contribution is 0.0673. The van der Waals surface area contributed by atoms with Gasteiger partial charge < -0.3 is 15.2 Å². The molecule has 1 heterocycles. The molecule has 0 bridgehead atoms. The molecule has 15 heavy (non-hydrogen) atoms. The van der Waals surface area contributed by atoms with Crippen molar-refractivity contribution >= 4 is 11.8 Å². The van der Waals surface area contributed by atoms with Gasteiger partial charge in [-0.3, -0.25) is 0 Å². The molecule has 0 aromatic rings. The summed E-state index contributed by atoms with van der Waals surface area (Å²) in [6, 6.07) is 0. The molecule has 0 radical (unpaired) electrons. The second-order valence-electron chi connectivity index (χ2n) is 3.81. The van der Waals surface area contributed by atoms with Crippen molar-refractivity contribution in [2.75, 3.05) is 31.3 Å². The van der Waals surface area contributed by atoms with Crippen molar-refractivity contribution in [3.05, 3.63) is 0 Å². The van der Waals surface area contributed by atoms with Crippen LogP contribution in [0.3, 0.4) is 0 Å². The van der Waals surface area contributed by atoms with E-state index in [9.17, 15) is 0 Å². The van der Waals surface area contributed by atoms with Crippen LogP contribution < -0.4 is 5.73 Å². The molecule has 3 nitrogen and oxygen atoms in total. The number of hydrogen-bond donors (Lipinski definition) is 1. The minimum atomic E-state index is 0.243. The standard InChI is InChI=1S/C11H23NO2S/c1-2-13-10(8-12)5-7-15-9-11-4-3-6-14-11/h10-11H,2-9,12H2,1H3. The SMILES string of the molecule is CCOC(CN)CCSCC1CCCO1. The Kier molecular flexibility index (Phi) is 7.44. The molecule has 1 fully saturated rings. The molecule has 0 spiro atoms. The Morgan fingerprint density at radius 1 is 1.60 bits per heavy atom. The maximum absolute atomic E-state index is 5.60. The summed E-state index contributed by atoms with van der Waals surface area (Å²) < 4.78 is 11.1. The van der Waals surface area contributed by atoms with Crippen LogP contribution in [0.2, 0.25) is 0 Å². The minimum absolute atomic E-state index is 0.243. The van der Waals surface area contributed by atoms with E-state index in [2.05, 4.69) is 0 Å². The van der Waals surface area contributed by atoms with Crippen LogP contribution >= 0.6 is 11.8 Å². The molecule has 1 aliphatic heterocycles. The van der Waals surface area contributed by atoms with E-state index in [0.29, 0.717) is 12.6 Å². The molecule has 0 aromatic heterocycles. The van der Waals surface area contributed by atoms with Crippen molar-refractivity contribution < 1.29 is 9.47 Å². The van der Waals surface area contributed by atoms with Gasteiger partial charge in [-0.05, 0) is 31.9 Å². The molecule has 0 aromatic carbocycles. The van der Waals surface area contributed by atoms with E-state index in [1.807, 2.05) is 18.7 Å². The smallest absolute Gasteiger partial charge is 0.0705 e. The fraction of sp³-hybridized carbons (Fsp3) is 1.00. The third-order valence-electron chi connectivity index (χ3n) is 2.58. The summed E-state index contributed by atoms with van der Waals surface area (Å²) in [6.07, 6.45) is 4.27. The Morgan fingerprint density at radius 2 is 2.47 bits per heavy atom. The Bertz CT molecular complexity index is 152. The fourth-order valence-electron chi connectivity index (χ4n) is 1.71. The number of hydrogen-bond acceptors (Lipinski definition) is 4. The summed E-state index contributed by atoms with van der Waals surface area (Å²) in [5.74, 6) is 2.26. The first-order chi connectivity index (χ1) is 7.36. The number of rotatable bonds is 8. The Labute approximate surface area is 97.1 Å². The summed E-state index contributed by atoms with van der Waals surface area (Å²) >= 11 is 1.96. The molecule has 2 atom stereocenters. The van der Waals surface area contributed by atoms with Gasteiger partial charge in [-0.25, -0.2) is 0 Å². The third-order valence-corrected chi connectivity index (χ3v) is 3.71. The highest BCUT2D eigenvalue weighted by molar-refractivity contribution is 7.99. The molecule has 4 heteroatoms. The zero-order valence-electron chi connectivity index (χ0n) is 9.61. The van der Waals surface area contributed by atoms with Crippen LogP contribution in [0, 0.1) is 0 Å². The average Bonchev–Trinajstić information content (AvgIpc) is 2.75. The highest BCUT2D eigenvalue weighted by atomic mass is 32.2. The monoisotopic (exact) mass is 233 g/mol. The molecule has 2 unspecified atom stereocenters. The van der Waals surface area contributed by atoms with E-state index >= 15 is 0 Å². The van der Waals surface area contributed by atoms with Crippen molar-refractivity contribution in [3.63, 3.8) is 0 Å². The molecule has 0 saturated carbocycles. The molecular formula is C11H23NO2S. The topological polar surface area (TPSA) is 44.5 Å². The van der Waals surface area contributed by atoms with Crippen molar-refractivity contribution in [2.24, 2.45) is 5.73 Å². The zero-order valence-corrected chi connectivity index (χ0v) is 10.4. The molecule has 1 saturated heterocycles. The molecule has 2 N–H and O–H groups in total. The zero-order chi connectivity index (χ0) is 10.9. The molecule has 1 aliphatic rings. The highest BCUT2D eigenvalue weighted by Gasteiger charge is 2.15. The van der Waals surface area contributed by atoms with E-state index in [1.165, 1.54) is 12.8 Å². The summed E-state index contributed by atoms with van der Waals surface area (Å²) in [6.45, 7) is 4.37. The average molecular weight is 233 g/mol. The lowest BCUT2D eigenvalue weighted by atomic mass is 10.3. The quantitative estimate of drug-likeness (QED) is 0.648. The predicted octanol–water partition coefficient (Wildman–Crippen LogP) is 1.65. The lowest BCUT2D eigenvalue weighted by Crippen LogP contribution is -2.24. The highest BCUT2D eigenvalue weighted by Crippen LogP contribution is 2.18. The maximum Gasteiger partial charge on any atom is 0.0705 e. The van der Waals surface area contributed by atoms with Gasteiger partial charge in [0.15, 0.2) is 0 Å². The fourth-order valence-corrected chi connectivity index (χ4v) is 2.83. The van der Waals surface area contributed by atoms with Crippen LogP contribution in [0.1, 0.15) is 26.2 Å². The van der Waals surface area contributed by atoms with Gasteiger partial charge in [-0.1, -0.05) is 0 Å². The second kappa shape index (κ2) is 8.39. The number of nitrogens with two attached hydrogens (primary N) is 1. The van der Waals surface area contributed by atoms with Gasteiger partial charge in [0.1, 0.15) is 0 Å². The van der Waals surface area contributed by atoms with Crippen LogP contribution in [0.5, 0.6) is 0 Å². The van der Waals surface area contributed by atoms with E-state index in [0.717, 1.165) is 31.1 Å². The van der Waals surface area contributed by atoms with Gasteiger partial charge in [0.05, 0.1) is 12.2 Å². The summed E-state index contributed by atoms with van der Waals surface area (Å²) in [4.78, 5) is 0.